The van der Waals surface area contributed by atoms with Crippen molar-refractivity contribution in [1.29, 1.82) is 0 Å². The molecule has 0 aliphatic heterocycles. The second kappa shape index (κ2) is 4.65. The monoisotopic (exact) mass is 269 g/mol. The van der Waals surface area contributed by atoms with Crippen molar-refractivity contribution < 1.29 is 0 Å². The molecule has 0 amide bonds. The minimum absolute atomic E-state index is 1.19. The van der Waals surface area contributed by atoms with E-state index >= 15 is 0 Å². The van der Waals surface area contributed by atoms with Crippen LogP contribution in [0.5, 0.6) is 0 Å². The molecule has 0 fully saturated rings. The molecule has 1 heterocycles. The summed E-state index contributed by atoms with van der Waals surface area (Å²) in [5.41, 5.74) is 2.73. The van der Waals surface area contributed by atoms with Crippen LogP contribution in [0.4, 0.5) is 0 Å². The minimum atomic E-state index is -1.19. The zero-order valence-corrected chi connectivity index (χ0v) is 11.2. The van der Waals surface area contributed by atoms with Crippen molar-refractivity contribution in [2.24, 2.45) is 0 Å². The molecule has 0 bridgehead atoms. The van der Waals surface area contributed by atoms with E-state index in [9.17, 15) is 0 Å². The third-order valence-corrected chi connectivity index (χ3v) is 5.05. The number of aromatic nitrogens is 1. The van der Waals surface area contributed by atoms with Gasteiger partial charge in [0.15, 0.2) is 0 Å². The standard InChI is InChI=1S/C8H8N.2CH3.Sn.H/c1-7(2)8-3-5-9-6-4-8;;;;/h1,3-6H,2H3;2*1H3;;. The third-order valence-electron chi connectivity index (χ3n) is 1.72. The maximum atomic E-state index is 4.00. The van der Waals surface area contributed by atoms with Crippen LogP contribution in [0, 0.1) is 0 Å². The van der Waals surface area contributed by atoms with Gasteiger partial charge in [0.05, 0.1) is 0 Å². The molecule has 1 nitrogen and oxygen atoms in total. The van der Waals surface area contributed by atoms with Crippen LogP contribution >= 0.6 is 0 Å². The summed E-state index contributed by atoms with van der Waals surface area (Å²) in [5, 5.41) is 0. The molecule has 0 radical (unpaired) electrons. The number of pyridine rings is 1. The molecule has 1 rings (SSSR count). The molecule has 2 heteroatoms. The summed E-state index contributed by atoms with van der Waals surface area (Å²) in [4.78, 5) is 8.79. The van der Waals surface area contributed by atoms with Crippen molar-refractivity contribution in [1.82, 2.24) is 4.98 Å². The van der Waals surface area contributed by atoms with Crippen molar-refractivity contribution >= 4 is 25.3 Å². The van der Waals surface area contributed by atoms with Gasteiger partial charge in [0.1, 0.15) is 0 Å². The first-order valence-electron chi connectivity index (χ1n) is 4.29. The Kier molecular flexibility index (Phi) is 3.79. The Labute approximate surface area is 81.3 Å². The quantitative estimate of drug-likeness (QED) is 0.751. The number of hydrogen-bond acceptors (Lipinski definition) is 1. The van der Waals surface area contributed by atoms with Crippen molar-refractivity contribution in [3.8, 4) is 0 Å². The number of nitrogens with zero attached hydrogens (tertiary/aromatic N) is 1. The van der Waals surface area contributed by atoms with Crippen molar-refractivity contribution in [2.75, 3.05) is 0 Å². The Bertz CT molecular complexity index is 264. The van der Waals surface area contributed by atoms with Crippen molar-refractivity contribution in [2.45, 2.75) is 16.8 Å². The maximum absolute atomic E-state index is 4.00. The first kappa shape index (κ1) is 9.77. The molecule has 1 aromatic rings. The summed E-state index contributed by atoms with van der Waals surface area (Å²) >= 11 is -1.19. The van der Waals surface area contributed by atoms with Gasteiger partial charge < -0.3 is 0 Å². The summed E-state index contributed by atoms with van der Waals surface area (Å²) in [6.45, 7) is 2.19. The van der Waals surface area contributed by atoms with Gasteiger partial charge in [-0.1, -0.05) is 0 Å². The van der Waals surface area contributed by atoms with Gasteiger partial charge in [-0.15, -0.1) is 0 Å². The molecule has 1 aromatic heterocycles. The first-order valence-corrected chi connectivity index (χ1v) is 12.8. The molecule has 0 unspecified atom stereocenters. The number of hydrogen-bond donors (Lipinski definition) is 0. The van der Waals surface area contributed by atoms with Gasteiger partial charge in [0.25, 0.3) is 0 Å². The molecular formula is C10H15NSn. The van der Waals surface area contributed by atoms with E-state index in [0.29, 0.717) is 0 Å². The zero-order valence-electron chi connectivity index (χ0n) is 7.91. The fourth-order valence-corrected chi connectivity index (χ4v) is 4.61. The van der Waals surface area contributed by atoms with Crippen LogP contribution < -0.4 is 0 Å². The number of rotatable bonds is 2. The average molecular weight is 268 g/mol. The normalized spacial score (nSPS) is 12.2. The van der Waals surface area contributed by atoms with E-state index in [1.807, 2.05) is 12.4 Å². The molecule has 0 aliphatic carbocycles. The molecule has 0 atom stereocenters. The zero-order chi connectivity index (χ0) is 8.97. The second-order valence-corrected chi connectivity index (χ2v) is 11.4. The fourth-order valence-electron chi connectivity index (χ4n) is 1.21. The van der Waals surface area contributed by atoms with Gasteiger partial charge >= 0.3 is 81.3 Å². The van der Waals surface area contributed by atoms with Crippen LogP contribution in [-0.2, 0) is 0 Å². The van der Waals surface area contributed by atoms with Gasteiger partial charge in [0.2, 0.25) is 0 Å². The summed E-state index contributed by atoms with van der Waals surface area (Å²) in [6, 6.07) is 4.14. The summed E-state index contributed by atoms with van der Waals surface area (Å²) in [5.74, 6) is 0. The summed E-state index contributed by atoms with van der Waals surface area (Å²) in [7, 11) is 0. The first-order chi connectivity index (χ1) is 5.70. The topological polar surface area (TPSA) is 12.9 Å². The van der Waals surface area contributed by atoms with Gasteiger partial charge in [-0.3, -0.25) is 0 Å². The Balaban J connectivity index is 2.85. The molecule has 0 spiro atoms. The van der Waals surface area contributed by atoms with E-state index in [4.69, 9.17) is 0 Å². The number of allylic oxidation sites excluding steroid dienone is 1. The third kappa shape index (κ3) is 2.97. The van der Waals surface area contributed by atoms with Crippen LogP contribution in [0.1, 0.15) is 12.5 Å². The van der Waals surface area contributed by atoms with E-state index in [1.54, 1.807) is 0 Å². The average Bonchev–Trinajstić information content (AvgIpc) is 2.05. The Morgan fingerprint density at radius 1 is 1.33 bits per heavy atom. The molecule has 0 saturated carbocycles. The van der Waals surface area contributed by atoms with E-state index in [-0.39, 0.29) is 0 Å². The van der Waals surface area contributed by atoms with Crippen LogP contribution in [0.15, 0.2) is 28.6 Å². The molecule has 0 aromatic carbocycles. The molecule has 0 saturated heterocycles. The van der Waals surface area contributed by atoms with Crippen molar-refractivity contribution in [3.63, 3.8) is 0 Å². The van der Waals surface area contributed by atoms with E-state index in [2.05, 4.69) is 38.0 Å². The molecule has 64 valence electrons. The predicted octanol–water partition coefficient (Wildman–Crippen LogP) is 2.51. The molecule has 12 heavy (non-hydrogen) atoms. The van der Waals surface area contributed by atoms with Crippen LogP contribution in [0.3, 0.4) is 0 Å². The summed E-state index contributed by atoms with van der Waals surface area (Å²) in [6.07, 6.45) is 3.70. The van der Waals surface area contributed by atoms with Crippen LogP contribution in [0.2, 0.25) is 9.88 Å². The molecule has 0 aliphatic rings. The predicted molar refractivity (Wildman–Crippen MR) is 56.8 cm³/mol. The molecule has 0 N–H and O–H groups in total. The Morgan fingerprint density at radius 3 is 2.42 bits per heavy atom. The van der Waals surface area contributed by atoms with Crippen LogP contribution in [-0.4, -0.2) is 24.7 Å². The van der Waals surface area contributed by atoms with E-state index in [0.717, 1.165) is 0 Å². The SMILES string of the molecule is CC(=[CH][SnH]([CH3])[CH3])c1ccncc1. The Hall–Kier alpha value is -0.311. The Morgan fingerprint density at radius 2 is 1.92 bits per heavy atom. The summed E-state index contributed by atoms with van der Waals surface area (Å²) < 4.78 is 2.47. The van der Waals surface area contributed by atoms with E-state index < -0.39 is 19.8 Å². The second-order valence-electron chi connectivity index (χ2n) is 3.33. The van der Waals surface area contributed by atoms with Gasteiger partial charge in [0, 0.05) is 0 Å². The fraction of sp³-hybridized carbons (Fsp3) is 0.300. The van der Waals surface area contributed by atoms with Gasteiger partial charge in [-0.2, -0.15) is 0 Å². The van der Waals surface area contributed by atoms with Gasteiger partial charge in [-0.05, 0) is 0 Å². The van der Waals surface area contributed by atoms with Crippen molar-refractivity contribution in [3.05, 3.63) is 34.2 Å². The van der Waals surface area contributed by atoms with Gasteiger partial charge in [-0.25, -0.2) is 0 Å². The molecular weight excluding hydrogens is 253 g/mol. The van der Waals surface area contributed by atoms with E-state index in [1.165, 1.54) is 11.1 Å². The van der Waals surface area contributed by atoms with Crippen LogP contribution in [0.25, 0.3) is 5.57 Å².